The largest absolute Gasteiger partial charge is 0.339 e. The minimum atomic E-state index is -0.0418. The molecule has 27 heavy (non-hydrogen) atoms. The number of nitrogens with zero attached hydrogens (tertiary/aromatic N) is 3. The quantitative estimate of drug-likeness (QED) is 0.727. The van der Waals surface area contributed by atoms with E-state index in [9.17, 15) is 4.79 Å². The van der Waals surface area contributed by atoms with Crippen molar-refractivity contribution in [1.29, 1.82) is 0 Å². The highest BCUT2D eigenvalue weighted by Crippen LogP contribution is 2.20. The van der Waals surface area contributed by atoms with Crippen molar-refractivity contribution in [2.45, 2.75) is 20.8 Å². The molecule has 2 aromatic carbocycles. The summed E-state index contributed by atoms with van der Waals surface area (Å²) < 4.78 is 0. The molecule has 2 amide bonds. The number of anilines is 2. The summed E-state index contributed by atoms with van der Waals surface area (Å²) in [6, 6.07) is 12.3. The van der Waals surface area contributed by atoms with Crippen LogP contribution in [0.1, 0.15) is 16.7 Å². The number of aromatic nitrogens is 2. The number of hydrogen-bond donors (Lipinski definition) is 2. The molecule has 1 aliphatic heterocycles. The molecule has 1 fully saturated rings. The Kier molecular flexibility index (Phi) is 4.48. The highest BCUT2D eigenvalue weighted by molar-refractivity contribution is 5.89. The number of aromatic amines is 1. The predicted octanol–water partition coefficient (Wildman–Crippen LogP) is 3.84. The normalized spacial score (nSPS) is 14.6. The van der Waals surface area contributed by atoms with Crippen LogP contribution in [0.2, 0.25) is 0 Å². The van der Waals surface area contributed by atoms with E-state index in [0.717, 1.165) is 46.9 Å². The fourth-order valence-corrected chi connectivity index (χ4v) is 3.63. The SMILES string of the molecule is Cc1cc(C)cc(NC(=O)N2CCN(c3nc4ccc(C)cc4[nH]3)CC2)c1. The smallest absolute Gasteiger partial charge is 0.321 e. The molecule has 6 heteroatoms. The molecular weight excluding hydrogens is 338 g/mol. The molecular formula is C21H25N5O. The zero-order valence-corrected chi connectivity index (χ0v) is 16.0. The molecule has 0 unspecified atom stereocenters. The summed E-state index contributed by atoms with van der Waals surface area (Å²) in [6.07, 6.45) is 0. The molecule has 2 N–H and O–H groups in total. The van der Waals surface area contributed by atoms with Crippen LogP contribution >= 0.6 is 0 Å². The number of amides is 2. The van der Waals surface area contributed by atoms with Gasteiger partial charge in [0.25, 0.3) is 0 Å². The topological polar surface area (TPSA) is 64.3 Å². The number of nitrogens with one attached hydrogen (secondary N) is 2. The summed E-state index contributed by atoms with van der Waals surface area (Å²) in [7, 11) is 0. The zero-order valence-electron chi connectivity index (χ0n) is 16.0. The van der Waals surface area contributed by atoms with Crippen LogP contribution in [-0.2, 0) is 0 Å². The van der Waals surface area contributed by atoms with Gasteiger partial charge in [0.15, 0.2) is 0 Å². The van der Waals surface area contributed by atoms with Crippen LogP contribution in [-0.4, -0.2) is 47.1 Å². The first kappa shape index (κ1) is 17.4. The van der Waals surface area contributed by atoms with Gasteiger partial charge in [-0.2, -0.15) is 0 Å². The molecule has 1 aromatic heterocycles. The van der Waals surface area contributed by atoms with Crippen LogP contribution < -0.4 is 10.2 Å². The molecule has 1 saturated heterocycles. The number of aryl methyl sites for hydroxylation is 3. The van der Waals surface area contributed by atoms with Gasteiger partial charge in [0.1, 0.15) is 0 Å². The predicted molar refractivity (Wildman–Crippen MR) is 110 cm³/mol. The minimum absolute atomic E-state index is 0.0418. The van der Waals surface area contributed by atoms with Gasteiger partial charge in [0.2, 0.25) is 5.95 Å². The van der Waals surface area contributed by atoms with Gasteiger partial charge < -0.3 is 20.1 Å². The Bertz CT molecular complexity index is 965. The van der Waals surface area contributed by atoms with Crippen LogP contribution in [0, 0.1) is 20.8 Å². The molecule has 0 atom stereocenters. The average molecular weight is 363 g/mol. The Balaban J connectivity index is 1.39. The number of piperazine rings is 1. The molecule has 4 rings (SSSR count). The third kappa shape index (κ3) is 3.74. The van der Waals surface area contributed by atoms with Crippen molar-refractivity contribution in [2.75, 3.05) is 36.4 Å². The van der Waals surface area contributed by atoms with Crippen molar-refractivity contribution in [3.05, 3.63) is 53.1 Å². The lowest BCUT2D eigenvalue weighted by Crippen LogP contribution is -2.50. The van der Waals surface area contributed by atoms with Gasteiger partial charge >= 0.3 is 6.03 Å². The van der Waals surface area contributed by atoms with E-state index in [2.05, 4.69) is 45.3 Å². The molecule has 0 aliphatic carbocycles. The summed E-state index contributed by atoms with van der Waals surface area (Å²) in [6.45, 7) is 9.02. The maximum absolute atomic E-state index is 12.6. The molecule has 140 valence electrons. The van der Waals surface area contributed by atoms with E-state index in [1.165, 1.54) is 5.56 Å². The van der Waals surface area contributed by atoms with E-state index in [4.69, 9.17) is 0 Å². The highest BCUT2D eigenvalue weighted by Gasteiger charge is 2.23. The van der Waals surface area contributed by atoms with Crippen LogP contribution in [0.4, 0.5) is 16.4 Å². The second-order valence-corrected chi connectivity index (χ2v) is 7.36. The van der Waals surface area contributed by atoms with Crippen LogP contribution in [0.25, 0.3) is 11.0 Å². The first-order chi connectivity index (χ1) is 13.0. The van der Waals surface area contributed by atoms with Crippen LogP contribution in [0.3, 0.4) is 0 Å². The Morgan fingerprint density at radius 1 is 0.963 bits per heavy atom. The summed E-state index contributed by atoms with van der Waals surface area (Å²) >= 11 is 0. The van der Waals surface area contributed by atoms with Gasteiger partial charge in [-0.15, -0.1) is 0 Å². The highest BCUT2D eigenvalue weighted by atomic mass is 16.2. The van der Waals surface area contributed by atoms with E-state index in [1.54, 1.807) is 0 Å². The van der Waals surface area contributed by atoms with Crippen molar-refractivity contribution in [1.82, 2.24) is 14.9 Å². The number of fused-ring (bicyclic) bond motifs is 1. The monoisotopic (exact) mass is 363 g/mol. The molecule has 3 aromatic rings. The van der Waals surface area contributed by atoms with Gasteiger partial charge in [-0.05, 0) is 61.7 Å². The van der Waals surface area contributed by atoms with E-state index < -0.39 is 0 Å². The second-order valence-electron chi connectivity index (χ2n) is 7.36. The van der Waals surface area contributed by atoms with E-state index in [-0.39, 0.29) is 6.03 Å². The first-order valence-electron chi connectivity index (χ1n) is 9.33. The Morgan fingerprint density at radius 2 is 1.67 bits per heavy atom. The van der Waals surface area contributed by atoms with E-state index in [0.29, 0.717) is 13.1 Å². The number of urea groups is 1. The fraction of sp³-hybridized carbons (Fsp3) is 0.333. The maximum atomic E-state index is 12.6. The maximum Gasteiger partial charge on any atom is 0.321 e. The van der Waals surface area contributed by atoms with Crippen LogP contribution in [0.5, 0.6) is 0 Å². The Hall–Kier alpha value is -3.02. The third-order valence-electron chi connectivity index (χ3n) is 4.96. The van der Waals surface area contributed by atoms with Crippen molar-refractivity contribution in [3.8, 4) is 0 Å². The van der Waals surface area contributed by atoms with Crippen molar-refractivity contribution in [3.63, 3.8) is 0 Å². The molecule has 0 spiro atoms. The molecule has 0 saturated carbocycles. The summed E-state index contributed by atoms with van der Waals surface area (Å²) in [5, 5.41) is 3.02. The van der Waals surface area contributed by atoms with Gasteiger partial charge in [-0.3, -0.25) is 0 Å². The summed E-state index contributed by atoms with van der Waals surface area (Å²) in [5.41, 5.74) is 6.40. The summed E-state index contributed by atoms with van der Waals surface area (Å²) in [5.74, 6) is 0.880. The fourth-order valence-electron chi connectivity index (χ4n) is 3.63. The van der Waals surface area contributed by atoms with Crippen molar-refractivity contribution < 1.29 is 4.79 Å². The Labute approximate surface area is 159 Å². The molecule has 2 heterocycles. The van der Waals surface area contributed by atoms with E-state index in [1.807, 2.05) is 36.9 Å². The number of carbonyl (C=O) groups is 1. The lowest BCUT2D eigenvalue weighted by molar-refractivity contribution is 0.208. The molecule has 1 aliphatic rings. The average Bonchev–Trinajstić information content (AvgIpc) is 3.04. The van der Waals surface area contributed by atoms with Gasteiger partial charge in [0.05, 0.1) is 11.0 Å². The van der Waals surface area contributed by atoms with Crippen LogP contribution in [0.15, 0.2) is 36.4 Å². The van der Waals surface area contributed by atoms with Crippen molar-refractivity contribution >= 4 is 28.7 Å². The minimum Gasteiger partial charge on any atom is -0.339 e. The van der Waals surface area contributed by atoms with Gasteiger partial charge in [0, 0.05) is 31.9 Å². The second kappa shape index (κ2) is 6.95. The third-order valence-corrected chi connectivity index (χ3v) is 4.96. The molecule has 0 bridgehead atoms. The van der Waals surface area contributed by atoms with Crippen molar-refractivity contribution in [2.24, 2.45) is 0 Å². The summed E-state index contributed by atoms with van der Waals surface area (Å²) in [4.78, 5) is 24.7. The lowest BCUT2D eigenvalue weighted by Gasteiger charge is -2.34. The van der Waals surface area contributed by atoms with E-state index >= 15 is 0 Å². The van der Waals surface area contributed by atoms with Gasteiger partial charge in [-0.25, -0.2) is 9.78 Å². The first-order valence-corrected chi connectivity index (χ1v) is 9.33. The number of carbonyl (C=O) groups excluding carboxylic acids is 1. The Morgan fingerprint density at radius 3 is 2.37 bits per heavy atom. The number of H-pyrrole nitrogens is 1. The molecule has 0 radical (unpaired) electrons. The molecule has 6 nitrogen and oxygen atoms in total. The zero-order chi connectivity index (χ0) is 19.0. The number of hydrogen-bond acceptors (Lipinski definition) is 3. The van der Waals surface area contributed by atoms with Gasteiger partial charge in [-0.1, -0.05) is 12.1 Å². The number of imidazole rings is 1. The lowest BCUT2D eigenvalue weighted by atomic mass is 10.1. The standard InChI is InChI=1S/C21H25N5O/c1-14-4-5-18-19(13-14)24-20(23-18)25-6-8-26(9-7-25)21(27)22-17-11-15(2)10-16(3)12-17/h4-5,10-13H,6-9H2,1-3H3,(H,22,27)(H,23,24). The number of rotatable bonds is 2. The number of benzene rings is 2.